The molecule has 2 N–H and O–H groups in total. The molecule has 236 valence electrons. The molecular formula is C31H32FN5O6S2. The number of hydrogen-bond acceptors (Lipinski definition) is 10. The minimum absolute atomic E-state index is 0.0203. The van der Waals surface area contributed by atoms with E-state index in [-0.39, 0.29) is 19.1 Å². The summed E-state index contributed by atoms with van der Waals surface area (Å²) < 4.78 is 31.3. The molecule has 0 radical (unpaired) electrons. The first-order valence-corrected chi connectivity index (χ1v) is 15.9. The predicted octanol–water partition coefficient (Wildman–Crippen LogP) is 5.20. The molecule has 2 aromatic carbocycles. The van der Waals surface area contributed by atoms with E-state index in [0.29, 0.717) is 44.3 Å². The molecule has 0 spiro atoms. The number of thioether (sulfide) groups is 1. The van der Waals surface area contributed by atoms with Crippen molar-refractivity contribution in [2.75, 3.05) is 26.1 Å². The van der Waals surface area contributed by atoms with Crippen molar-refractivity contribution in [3.8, 4) is 17.2 Å². The summed E-state index contributed by atoms with van der Waals surface area (Å²) in [5.74, 6) is -0.315. The minimum atomic E-state index is -0.660. The van der Waals surface area contributed by atoms with Crippen LogP contribution < -0.4 is 20.1 Å². The molecule has 0 saturated carbocycles. The summed E-state index contributed by atoms with van der Waals surface area (Å²) in [6, 6.07) is 10.6. The normalized spacial score (nSPS) is 12.7. The molecule has 0 aliphatic heterocycles. The topological polar surface area (TPSA) is 134 Å². The molecule has 11 nitrogen and oxygen atoms in total. The Morgan fingerprint density at radius 2 is 1.78 bits per heavy atom. The number of benzene rings is 2. The molecule has 1 atom stereocenters. The van der Waals surface area contributed by atoms with E-state index in [0.717, 1.165) is 41.5 Å². The highest BCUT2D eigenvalue weighted by Gasteiger charge is 2.30. The van der Waals surface area contributed by atoms with Crippen molar-refractivity contribution in [1.29, 1.82) is 0 Å². The van der Waals surface area contributed by atoms with Crippen LogP contribution in [0.4, 0.5) is 9.39 Å². The van der Waals surface area contributed by atoms with Crippen LogP contribution in [0.2, 0.25) is 0 Å². The van der Waals surface area contributed by atoms with Crippen molar-refractivity contribution >= 4 is 45.9 Å². The number of anilines is 1. The molecule has 45 heavy (non-hydrogen) atoms. The number of fused-ring (bicyclic) bond motifs is 1. The van der Waals surface area contributed by atoms with Crippen molar-refractivity contribution in [3.05, 3.63) is 75.7 Å². The standard InChI is InChI=1S/C31H32FN5O6S2/c1-5-43-30(40)26-23-7-6-8-24(23)45-29(26)34-27(38)17(2)44-31-36-35-25(37(31)20-11-9-19(32)10-12-20)16-33-28(39)18-13-21(41-3)15-22(14-18)42-4/h9-15,17H,5-8,16H2,1-4H3,(H,33,39)(H,34,38)/t17-/m0/s1. The zero-order valence-electron chi connectivity index (χ0n) is 25.1. The summed E-state index contributed by atoms with van der Waals surface area (Å²) in [6.45, 7) is 3.67. The summed E-state index contributed by atoms with van der Waals surface area (Å²) >= 11 is 2.55. The van der Waals surface area contributed by atoms with Gasteiger partial charge in [0, 0.05) is 22.2 Å². The van der Waals surface area contributed by atoms with Gasteiger partial charge in [-0.3, -0.25) is 14.2 Å². The average Bonchev–Trinajstić information content (AvgIpc) is 3.74. The number of esters is 1. The first-order chi connectivity index (χ1) is 21.7. The first kappa shape index (κ1) is 32.0. The molecule has 0 fully saturated rings. The van der Waals surface area contributed by atoms with Gasteiger partial charge in [0.15, 0.2) is 11.0 Å². The Balaban J connectivity index is 1.36. The lowest BCUT2D eigenvalue weighted by Gasteiger charge is -2.15. The molecule has 2 heterocycles. The molecule has 1 aliphatic rings. The van der Waals surface area contributed by atoms with Crippen LogP contribution in [0, 0.1) is 5.82 Å². The van der Waals surface area contributed by atoms with Crippen LogP contribution in [-0.2, 0) is 28.9 Å². The van der Waals surface area contributed by atoms with E-state index in [1.807, 2.05) is 0 Å². The van der Waals surface area contributed by atoms with Gasteiger partial charge in [-0.15, -0.1) is 21.5 Å². The second-order valence-electron chi connectivity index (χ2n) is 10.0. The molecule has 0 bridgehead atoms. The monoisotopic (exact) mass is 653 g/mol. The lowest BCUT2D eigenvalue weighted by Crippen LogP contribution is -2.25. The number of rotatable bonds is 12. The molecule has 1 aliphatic carbocycles. The third kappa shape index (κ3) is 7.12. The number of carbonyl (C=O) groups excluding carboxylic acids is 3. The average molecular weight is 654 g/mol. The summed E-state index contributed by atoms with van der Waals surface area (Å²) in [4.78, 5) is 40.3. The number of nitrogens with zero attached hydrogens (tertiary/aromatic N) is 3. The van der Waals surface area contributed by atoms with Crippen LogP contribution in [0.5, 0.6) is 11.5 Å². The number of ether oxygens (including phenoxy) is 3. The number of amides is 2. The molecule has 4 aromatic rings. The second-order valence-corrected chi connectivity index (χ2v) is 12.4. The van der Waals surface area contributed by atoms with Gasteiger partial charge in [0.05, 0.1) is 38.2 Å². The Morgan fingerprint density at radius 1 is 1.07 bits per heavy atom. The Bertz CT molecular complexity index is 1700. The number of methoxy groups -OCH3 is 2. The number of aromatic nitrogens is 3. The largest absolute Gasteiger partial charge is 0.497 e. The number of carbonyl (C=O) groups is 3. The van der Waals surface area contributed by atoms with Gasteiger partial charge < -0.3 is 24.8 Å². The quantitative estimate of drug-likeness (QED) is 0.156. The highest BCUT2D eigenvalue weighted by molar-refractivity contribution is 8.00. The molecule has 14 heteroatoms. The summed E-state index contributed by atoms with van der Waals surface area (Å²) in [5, 5.41) is 14.5. The van der Waals surface area contributed by atoms with Crippen molar-refractivity contribution in [1.82, 2.24) is 20.1 Å². The van der Waals surface area contributed by atoms with Crippen LogP contribution in [0.25, 0.3) is 5.69 Å². The molecule has 0 saturated heterocycles. The number of thiophene rings is 1. The van der Waals surface area contributed by atoms with Crippen molar-refractivity contribution < 1.29 is 33.0 Å². The predicted molar refractivity (Wildman–Crippen MR) is 168 cm³/mol. The first-order valence-electron chi connectivity index (χ1n) is 14.2. The van der Waals surface area contributed by atoms with Gasteiger partial charge in [-0.1, -0.05) is 11.8 Å². The van der Waals surface area contributed by atoms with Crippen molar-refractivity contribution in [2.45, 2.75) is 50.1 Å². The molecule has 5 rings (SSSR count). The minimum Gasteiger partial charge on any atom is -0.497 e. The van der Waals surface area contributed by atoms with E-state index in [1.165, 1.54) is 37.7 Å². The van der Waals surface area contributed by atoms with Crippen LogP contribution in [0.15, 0.2) is 47.6 Å². The van der Waals surface area contributed by atoms with E-state index in [2.05, 4.69) is 20.8 Å². The van der Waals surface area contributed by atoms with Crippen LogP contribution >= 0.6 is 23.1 Å². The van der Waals surface area contributed by atoms with E-state index in [9.17, 15) is 18.8 Å². The van der Waals surface area contributed by atoms with E-state index < -0.39 is 22.9 Å². The van der Waals surface area contributed by atoms with Crippen molar-refractivity contribution in [2.24, 2.45) is 0 Å². The zero-order valence-corrected chi connectivity index (χ0v) is 26.8. The van der Waals surface area contributed by atoms with Gasteiger partial charge in [-0.25, -0.2) is 9.18 Å². The molecular weight excluding hydrogens is 622 g/mol. The Labute approximate surface area is 267 Å². The molecule has 2 amide bonds. The van der Waals surface area contributed by atoms with Crippen LogP contribution in [0.3, 0.4) is 0 Å². The van der Waals surface area contributed by atoms with E-state index in [1.54, 1.807) is 48.7 Å². The fraction of sp³-hybridized carbons (Fsp3) is 0.323. The highest BCUT2D eigenvalue weighted by atomic mass is 32.2. The number of aryl methyl sites for hydroxylation is 1. The lowest BCUT2D eigenvalue weighted by atomic mass is 10.1. The maximum absolute atomic E-state index is 13.8. The van der Waals surface area contributed by atoms with Gasteiger partial charge in [0.2, 0.25) is 5.91 Å². The smallest absolute Gasteiger partial charge is 0.341 e. The zero-order chi connectivity index (χ0) is 32.1. The second kappa shape index (κ2) is 14.1. The van der Waals surface area contributed by atoms with Gasteiger partial charge in [-0.2, -0.15) is 0 Å². The van der Waals surface area contributed by atoms with Gasteiger partial charge >= 0.3 is 5.97 Å². The van der Waals surface area contributed by atoms with Gasteiger partial charge in [0.25, 0.3) is 5.91 Å². The van der Waals surface area contributed by atoms with E-state index in [4.69, 9.17) is 14.2 Å². The Morgan fingerprint density at radius 3 is 2.44 bits per heavy atom. The number of hydrogen-bond donors (Lipinski definition) is 2. The maximum Gasteiger partial charge on any atom is 0.341 e. The van der Waals surface area contributed by atoms with Gasteiger partial charge in [-0.05, 0) is 75.1 Å². The number of halogens is 1. The van der Waals surface area contributed by atoms with Gasteiger partial charge in [0.1, 0.15) is 22.3 Å². The van der Waals surface area contributed by atoms with Crippen LogP contribution in [0.1, 0.15) is 57.2 Å². The lowest BCUT2D eigenvalue weighted by molar-refractivity contribution is -0.115. The Hall–Kier alpha value is -4.43. The highest BCUT2D eigenvalue weighted by Crippen LogP contribution is 2.40. The summed E-state index contributed by atoms with van der Waals surface area (Å²) in [6.07, 6.45) is 2.59. The number of nitrogens with one attached hydrogen (secondary N) is 2. The van der Waals surface area contributed by atoms with Crippen molar-refractivity contribution in [3.63, 3.8) is 0 Å². The fourth-order valence-electron chi connectivity index (χ4n) is 4.88. The maximum atomic E-state index is 13.8. The SMILES string of the molecule is CCOC(=O)c1c(NC(=O)[C@H](C)Sc2nnc(CNC(=O)c3cc(OC)cc(OC)c3)n2-c2ccc(F)cc2)sc2c1CCC2. The molecule has 0 unspecified atom stereocenters. The van der Waals surface area contributed by atoms with E-state index >= 15 is 0 Å². The third-order valence-corrected chi connectivity index (χ3v) is 9.34. The molecule has 2 aromatic heterocycles. The summed E-state index contributed by atoms with van der Waals surface area (Å²) in [7, 11) is 2.99. The third-order valence-electron chi connectivity index (χ3n) is 7.09. The Kier molecular flexibility index (Phi) is 10.0. The fourth-order valence-corrected chi connectivity index (χ4v) is 7.04. The summed E-state index contributed by atoms with van der Waals surface area (Å²) in [5.41, 5.74) is 2.24. The van der Waals surface area contributed by atoms with Crippen LogP contribution in [-0.4, -0.2) is 58.6 Å².